The molecule has 1 saturated heterocycles. The third-order valence-corrected chi connectivity index (χ3v) is 5.73. The normalized spacial score (nSPS) is 19.1. The molecular formula is C24H35N3O4. The van der Waals surface area contributed by atoms with E-state index in [1.165, 1.54) is 0 Å². The number of aromatic nitrogens is 1. The Balaban J connectivity index is 1.67. The van der Waals surface area contributed by atoms with E-state index in [1.807, 2.05) is 67.5 Å². The van der Waals surface area contributed by atoms with Crippen molar-refractivity contribution in [1.82, 2.24) is 14.6 Å². The molecule has 2 atom stereocenters. The number of hydrogen-bond donors (Lipinski definition) is 1. The van der Waals surface area contributed by atoms with E-state index in [0.29, 0.717) is 37.1 Å². The highest BCUT2D eigenvalue weighted by molar-refractivity contribution is 5.93. The van der Waals surface area contributed by atoms with E-state index in [0.717, 1.165) is 30.7 Å². The van der Waals surface area contributed by atoms with Crippen LogP contribution in [0.2, 0.25) is 0 Å². The minimum Gasteiger partial charge on any atom is -0.462 e. The van der Waals surface area contributed by atoms with E-state index in [1.54, 1.807) is 0 Å². The third kappa shape index (κ3) is 5.58. The van der Waals surface area contributed by atoms with E-state index >= 15 is 0 Å². The highest BCUT2D eigenvalue weighted by atomic mass is 16.6. The number of ether oxygens (including phenoxy) is 2. The van der Waals surface area contributed by atoms with Crippen molar-refractivity contribution in [3.63, 3.8) is 0 Å². The van der Waals surface area contributed by atoms with Gasteiger partial charge in [0.15, 0.2) is 0 Å². The Kier molecular flexibility index (Phi) is 7.26. The largest absolute Gasteiger partial charge is 0.462 e. The molecule has 1 N–H and O–H groups in total. The smallest absolute Gasteiger partial charge is 0.410 e. The molecule has 31 heavy (non-hydrogen) atoms. The summed E-state index contributed by atoms with van der Waals surface area (Å²) in [7, 11) is 0. The van der Waals surface area contributed by atoms with Crippen LogP contribution in [0.4, 0.5) is 4.79 Å². The first kappa shape index (κ1) is 23.1. The summed E-state index contributed by atoms with van der Waals surface area (Å²) in [5.74, 6) is 0.467. The molecule has 3 heterocycles. The number of carbonyl (C=O) groups excluding carboxylic acids is 2. The lowest BCUT2D eigenvalue weighted by Crippen LogP contribution is -2.36. The van der Waals surface area contributed by atoms with Crippen LogP contribution in [-0.4, -0.2) is 53.2 Å². The van der Waals surface area contributed by atoms with Crippen molar-refractivity contribution < 1.29 is 19.1 Å². The average Bonchev–Trinajstić information content (AvgIpc) is 3.29. The van der Waals surface area contributed by atoms with Gasteiger partial charge in [-0.05, 0) is 57.7 Å². The Bertz CT molecular complexity index is 915. The fraction of sp³-hybridized carbons (Fsp3) is 0.583. The fourth-order valence-electron chi connectivity index (χ4n) is 4.23. The van der Waals surface area contributed by atoms with Crippen LogP contribution in [-0.2, 0) is 16.0 Å². The molecule has 0 bridgehead atoms. The number of nitrogens with zero attached hydrogens (tertiary/aromatic N) is 2. The Hall–Kier alpha value is -2.54. The SMILES string of the molecule is CCOC(=O)c1cc2ccccn2c1CNC[C@H]1CN(C(=O)OC(C)(C)C)C[C@H]1CC. The molecule has 1 fully saturated rings. The van der Waals surface area contributed by atoms with Gasteiger partial charge < -0.3 is 24.1 Å². The van der Waals surface area contributed by atoms with Crippen LogP contribution in [0, 0.1) is 11.8 Å². The van der Waals surface area contributed by atoms with Gasteiger partial charge in [0, 0.05) is 37.9 Å². The van der Waals surface area contributed by atoms with Crippen LogP contribution < -0.4 is 5.32 Å². The summed E-state index contributed by atoms with van der Waals surface area (Å²) < 4.78 is 12.8. The first-order chi connectivity index (χ1) is 14.7. The molecule has 7 heteroatoms. The number of nitrogens with one attached hydrogen (secondary N) is 1. The van der Waals surface area contributed by atoms with E-state index in [-0.39, 0.29) is 12.1 Å². The van der Waals surface area contributed by atoms with Crippen molar-refractivity contribution in [1.29, 1.82) is 0 Å². The topological polar surface area (TPSA) is 72.3 Å². The summed E-state index contributed by atoms with van der Waals surface area (Å²) >= 11 is 0. The van der Waals surface area contributed by atoms with Gasteiger partial charge in [0.05, 0.1) is 17.9 Å². The zero-order valence-electron chi connectivity index (χ0n) is 19.3. The number of hydrogen-bond acceptors (Lipinski definition) is 5. The summed E-state index contributed by atoms with van der Waals surface area (Å²) in [4.78, 5) is 26.8. The van der Waals surface area contributed by atoms with Crippen LogP contribution in [0.1, 0.15) is 57.1 Å². The molecule has 1 amide bonds. The maximum atomic E-state index is 12.5. The number of esters is 1. The van der Waals surface area contributed by atoms with Gasteiger partial charge >= 0.3 is 12.1 Å². The molecule has 3 rings (SSSR count). The Labute approximate surface area is 184 Å². The monoisotopic (exact) mass is 429 g/mol. The second kappa shape index (κ2) is 9.73. The number of pyridine rings is 1. The van der Waals surface area contributed by atoms with E-state index in [4.69, 9.17) is 9.47 Å². The molecule has 2 aromatic rings. The second-order valence-corrected chi connectivity index (χ2v) is 9.17. The molecule has 0 spiro atoms. The van der Waals surface area contributed by atoms with Crippen LogP contribution >= 0.6 is 0 Å². The van der Waals surface area contributed by atoms with Gasteiger partial charge in [0.25, 0.3) is 0 Å². The number of fused-ring (bicyclic) bond motifs is 1. The standard InChI is InChI=1S/C24H35N3O4/c1-6-17-15-26(23(29)31-24(3,4)5)16-18(17)13-25-14-21-20(22(28)30-7-2)12-19-10-8-9-11-27(19)21/h8-12,17-18,25H,6-7,13-16H2,1-5H3/t17-,18+/m1/s1. The Morgan fingerprint density at radius 3 is 2.58 bits per heavy atom. The van der Waals surface area contributed by atoms with Gasteiger partial charge in [-0.25, -0.2) is 9.59 Å². The zero-order chi connectivity index (χ0) is 22.6. The van der Waals surface area contributed by atoms with Crippen LogP contribution in [0.3, 0.4) is 0 Å². The van der Waals surface area contributed by atoms with E-state index in [2.05, 4.69) is 12.2 Å². The molecule has 170 valence electrons. The molecule has 0 radical (unpaired) electrons. The first-order valence-corrected chi connectivity index (χ1v) is 11.2. The van der Waals surface area contributed by atoms with E-state index < -0.39 is 5.60 Å². The Morgan fingerprint density at radius 2 is 1.90 bits per heavy atom. The van der Waals surface area contributed by atoms with Crippen molar-refractivity contribution in [2.45, 2.75) is 53.2 Å². The van der Waals surface area contributed by atoms with Gasteiger partial charge in [-0.2, -0.15) is 0 Å². The lowest BCUT2D eigenvalue weighted by molar-refractivity contribution is 0.0283. The highest BCUT2D eigenvalue weighted by Gasteiger charge is 2.36. The van der Waals surface area contributed by atoms with Gasteiger partial charge in [-0.15, -0.1) is 0 Å². The van der Waals surface area contributed by atoms with Crippen molar-refractivity contribution >= 4 is 17.6 Å². The second-order valence-electron chi connectivity index (χ2n) is 9.17. The maximum absolute atomic E-state index is 12.5. The number of carbonyl (C=O) groups is 2. The molecular weight excluding hydrogens is 394 g/mol. The van der Waals surface area contributed by atoms with Gasteiger partial charge in [-0.3, -0.25) is 0 Å². The summed E-state index contributed by atoms with van der Waals surface area (Å²) in [6.07, 6.45) is 2.73. The molecule has 0 aromatic carbocycles. The zero-order valence-corrected chi connectivity index (χ0v) is 19.3. The van der Waals surface area contributed by atoms with Crippen LogP contribution in [0.25, 0.3) is 5.52 Å². The summed E-state index contributed by atoms with van der Waals surface area (Å²) in [6, 6.07) is 7.77. The quantitative estimate of drug-likeness (QED) is 0.671. The third-order valence-electron chi connectivity index (χ3n) is 5.73. The van der Waals surface area contributed by atoms with Gasteiger partial charge in [-0.1, -0.05) is 19.4 Å². The van der Waals surface area contributed by atoms with Crippen LogP contribution in [0.15, 0.2) is 30.5 Å². The fourth-order valence-corrected chi connectivity index (χ4v) is 4.23. The summed E-state index contributed by atoms with van der Waals surface area (Å²) in [6.45, 7) is 12.7. The van der Waals surface area contributed by atoms with Gasteiger partial charge in [0.1, 0.15) is 5.60 Å². The maximum Gasteiger partial charge on any atom is 0.410 e. The lowest BCUT2D eigenvalue weighted by Gasteiger charge is -2.24. The van der Waals surface area contributed by atoms with Crippen molar-refractivity contribution in [2.75, 3.05) is 26.2 Å². The van der Waals surface area contributed by atoms with Crippen molar-refractivity contribution in [3.8, 4) is 0 Å². The van der Waals surface area contributed by atoms with Gasteiger partial charge in [0.2, 0.25) is 0 Å². The molecule has 7 nitrogen and oxygen atoms in total. The first-order valence-electron chi connectivity index (χ1n) is 11.2. The van der Waals surface area contributed by atoms with Crippen molar-refractivity contribution in [3.05, 3.63) is 41.7 Å². The lowest BCUT2D eigenvalue weighted by atomic mass is 9.94. The number of amides is 1. The summed E-state index contributed by atoms with van der Waals surface area (Å²) in [5, 5.41) is 3.52. The average molecular weight is 430 g/mol. The number of rotatable bonds is 7. The Morgan fingerprint density at radius 1 is 1.16 bits per heavy atom. The molecule has 1 aliphatic rings. The van der Waals surface area contributed by atoms with Crippen LogP contribution in [0.5, 0.6) is 0 Å². The molecule has 1 aliphatic heterocycles. The highest BCUT2D eigenvalue weighted by Crippen LogP contribution is 2.27. The predicted octanol–water partition coefficient (Wildman–Crippen LogP) is 4.10. The molecule has 0 aliphatic carbocycles. The molecule has 0 saturated carbocycles. The summed E-state index contributed by atoms with van der Waals surface area (Å²) in [5.41, 5.74) is 1.96. The van der Waals surface area contributed by atoms with E-state index in [9.17, 15) is 9.59 Å². The molecule has 0 unspecified atom stereocenters. The minimum absolute atomic E-state index is 0.240. The molecule has 2 aromatic heterocycles. The number of likely N-dealkylation sites (tertiary alicyclic amines) is 1. The van der Waals surface area contributed by atoms with Crippen molar-refractivity contribution in [2.24, 2.45) is 11.8 Å². The minimum atomic E-state index is -0.491. The predicted molar refractivity (Wildman–Crippen MR) is 120 cm³/mol.